The maximum absolute atomic E-state index is 12.2. The molecule has 2 N–H and O–H groups in total. The zero-order valence-electron chi connectivity index (χ0n) is 10.7. The highest BCUT2D eigenvalue weighted by molar-refractivity contribution is 5.76. The molecule has 1 aliphatic rings. The summed E-state index contributed by atoms with van der Waals surface area (Å²) in [7, 11) is 2.06. The summed E-state index contributed by atoms with van der Waals surface area (Å²) in [6.07, 6.45) is 3.82. The third-order valence-electron chi connectivity index (χ3n) is 3.30. The first-order chi connectivity index (χ1) is 8.70. The first-order valence-electron chi connectivity index (χ1n) is 6.23. The van der Waals surface area contributed by atoms with Gasteiger partial charge in [0.2, 0.25) is 5.91 Å². The lowest BCUT2D eigenvalue weighted by molar-refractivity contribution is -0.135. The van der Waals surface area contributed by atoms with E-state index in [4.69, 9.17) is 5.73 Å². The van der Waals surface area contributed by atoms with Crippen LogP contribution in [0.2, 0.25) is 0 Å². The molecule has 0 bridgehead atoms. The molecule has 2 heterocycles. The van der Waals surface area contributed by atoms with Gasteiger partial charge >= 0.3 is 0 Å². The van der Waals surface area contributed by atoms with Gasteiger partial charge in [-0.2, -0.15) is 0 Å². The molecule has 0 radical (unpaired) electrons. The van der Waals surface area contributed by atoms with E-state index in [0.717, 1.165) is 19.6 Å². The second-order valence-corrected chi connectivity index (χ2v) is 4.66. The van der Waals surface area contributed by atoms with Crippen molar-refractivity contribution >= 4 is 5.91 Å². The molecule has 1 atom stereocenters. The number of nitrogens with zero attached hydrogens (tertiary/aromatic N) is 5. The van der Waals surface area contributed by atoms with Crippen molar-refractivity contribution in [3.05, 3.63) is 12.4 Å². The summed E-state index contributed by atoms with van der Waals surface area (Å²) in [4.78, 5) is 16.3. The fourth-order valence-electron chi connectivity index (χ4n) is 2.25. The van der Waals surface area contributed by atoms with Crippen LogP contribution in [0.25, 0.3) is 0 Å². The molecule has 0 aromatic carbocycles. The second-order valence-electron chi connectivity index (χ2n) is 4.66. The van der Waals surface area contributed by atoms with Crippen molar-refractivity contribution < 1.29 is 4.79 Å². The van der Waals surface area contributed by atoms with Gasteiger partial charge in [0.15, 0.2) is 0 Å². The topological polar surface area (TPSA) is 80.3 Å². The van der Waals surface area contributed by atoms with E-state index >= 15 is 0 Å². The van der Waals surface area contributed by atoms with Gasteiger partial charge in [0.1, 0.15) is 0 Å². The summed E-state index contributed by atoms with van der Waals surface area (Å²) in [6, 6.07) is 0.131. The number of nitrogens with two attached hydrogens (primary N) is 1. The highest BCUT2D eigenvalue weighted by Gasteiger charge is 2.27. The maximum atomic E-state index is 12.2. The van der Waals surface area contributed by atoms with Crippen LogP contribution in [-0.2, 0) is 11.3 Å². The van der Waals surface area contributed by atoms with Gasteiger partial charge in [-0.3, -0.25) is 9.48 Å². The van der Waals surface area contributed by atoms with Gasteiger partial charge in [-0.15, -0.1) is 5.10 Å². The Morgan fingerprint density at radius 2 is 2.33 bits per heavy atom. The van der Waals surface area contributed by atoms with Crippen molar-refractivity contribution in [3.63, 3.8) is 0 Å². The Morgan fingerprint density at radius 3 is 3.00 bits per heavy atom. The number of carbonyl (C=O) groups is 1. The fraction of sp³-hybridized carbons (Fsp3) is 0.727. The molecule has 0 saturated carbocycles. The first kappa shape index (κ1) is 13.0. The molecule has 2 rings (SSSR count). The summed E-state index contributed by atoms with van der Waals surface area (Å²) in [5, 5.41) is 7.56. The Balaban J connectivity index is 1.87. The number of carbonyl (C=O) groups excluding carboxylic acids is 1. The van der Waals surface area contributed by atoms with E-state index in [1.54, 1.807) is 17.1 Å². The molecule has 7 nitrogen and oxygen atoms in total. The third kappa shape index (κ3) is 3.05. The zero-order chi connectivity index (χ0) is 13.0. The number of amides is 1. The number of piperazine rings is 1. The highest BCUT2D eigenvalue weighted by atomic mass is 16.2. The summed E-state index contributed by atoms with van der Waals surface area (Å²) < 4.78 is 1.67. The van der Waals surface area contributed by atoms with Crippen molar-refractivity contribution in [2.24, 2.45) is 5.73 Å². The summed E-state index contributed by atoms with van der Waals surface area (Å²) in [5.74, 6) is 0.147. The van der Waals surface area contributed by atoms with Crippen LogP contribution in [0.4, 0.5) is 0 Å². The van der Waals surface area contributed by atoms with Crippen LogP contribution in [0.5, 0.6) is 0 Å². The van der Waals surface area contributed by atoms with Gasteiger partial charge in [0.05, 0.1) is 18.8 Å². The van der Waals surface area contributed by atoms with E-state index in [0.29, 0.717) is 19.5 Å². The number of aryl methyl sites for hydroxylation is 1. The average molecular weight is 252 g/mol. The highest BCUT2D eigenvalue weighted by Crippen LogP contribution is 2.09. The molecular weight excluding hydrogens is 232 g/mol. The van der Waals surface area contributed by atoms with Crippen LogP contribution in [0, 0.1) is 0 Å². The molecule has 100 valence electrons. The minimum atomic E-state index is 0.131. The van der Waals surface area contributed by atoms with Gasteiger partial charge in [-0.1, -0.05) is 5.21 Å². The molecule has 1 fully saturated rings. The van der Waals surface area contributed by atoms with Crippen LogP contribution in [0.15, 0.2) is 12.4 Å². The Labute approximate surface area is 107 Å². The predicted octanol–water partition coefficient (Wildman–Crippen LogP) is -1.23. The number of rotatable bonds is 4. The summed E-state index contributed by atoms with van der Waals surface area (Å²) in [5.41, 5.74) is 5.74. The second kappa shape index (κ2) is 5.92. The normalized spacial score (nSPS) is 21.2. The van der Waals surface area contributed by atoms with E-state index < -0.39 is 0 Å². The van der Waals surface area contributed by atoms with Crippen LogP contribution in [-0.4, -0.2) is 70.0 Å². The Kier molecular flexibility index (Phi) is 4.27. The largest absolute Gasteiger partial charge is 0.336 e. The minimum Gasteiger partial charge on any atom is -0.336 e. The maximum Gasteiger partial charge on any atom is 0.224 e. The zero-order valence-corrected chi connectivity index (χ0v) is 10.7. The SMILES string of the molecule is CN1CCN(C(=O)CCn2ccnn2)C(CN)C1. The lowest BCUT2D eigenvalue weighted by Gasteiger charge is -2.39. The summed E-state index contributed by atoms with van der Waals surface area (Å²) in [6.45, 7) is 3.60. The molecule has 1 unspecified atom stereocenters. The summed E-state index contributed by atoms with van der Waals surface area (Å²) >= 11 is 0. The van der Waals surface area contributed by atoms with Gasteiger partial charge < -0.3 is 15.5 Å². The van der Waals surface area contributed by atoms with Crippen molar-refractivity contribution in [3.8, 4) is 0 Å². The molecule has 1 amide bonds. The molecule has 18 heavy (non-hydrogen) atoms. The van der Waals surface area contributed by atoms with Crippen LogP contribution >= 0.6 is 0 Å². The number of likely N-dealkylation sites (N-methyl/N-ethyl adjacent to an activating group) is 1. The van der Waals surface area contributed by atoms with E-state index in [9.17, 15) is 4.79 Å². The molecule has 7 heteroatoms. The van der Waals surface area contributed by atoms with E-state index in [2.05, 4.69) is 22.3 Å². The van der Waals surface area contributed by atoms with Crippen molar-refractivity contribution in [2.45, 2.75) is 19.0 Å². The lowest BCUT2D eigenvalue weighted by Crippen LogP contribution is -2.56. The van der Waals surface area contributed by atoms with Crippen molar-refractivity contribution in [1.29, 1.82) is 0 Å². The van der Waals surface area contributed by atoms with Crippen molar-refractivity contribution in [1.82, 2.24) is 24.8 Å². The lowest BCUT2D eigenvalue weighted by atomic mass is 10.1. The molecular formula is C11H20N6O. The standard InChI is InChI=1S/C11H20N6O/c1-15-6-7-17(10(8-12)9-15)11(18)2-4-16-5-3-13-14-16/h3,5,10H,2,4,6-9,12H2,1H3. The molecule has 0 aliphatic carbocycles. The molecule has 1 aromatic heterocycles. The Morgan fingerprint density at radius 1 is 1.50 bits per heavy atom. The van der Waals surface area contributed by atoms with Gasteiger partial charge in [0.25, 0.3) is 0 Å². The van der Waals surface area contributed by atoms with Gasteiger partial charge in [-0.05, 0) is 7.05 Å². The third-order valence-corrected chi connectivity index (χ3v) is 3.30. The van der Waals surface area contributed by atoms with Crippen LogP contribution < -0.4 is 5.73 Å². The minimum absolute atomic E-state index is 0.131. The Bertz CT molecular complexity index is 379. The van der Waals surface area contributed by atoms with Crippen molar-refractivity contribution in [2.75, 3.05) is 33.2 Å². The monoisotopic (exact) mass is 252 g/mol. The number of aromatic nitrogens is 3. The molecule has 1 saturated heterocycles. The van der Waals surface area contributed by atoms with Gasteiger partial charge in [0, 0.05) is 38.8 Å². The number of hydrogen-bond acceptors (Lipinski definition) is 5. The van der Waals surface area contributed by atoms with Crippen LogP contribution in [0.1, 0.15) is 6.42 Å². The molecule has 1 aromatic rings. The number of hydrogen-bond donors (Lipinski definition) is 1. The van der Waals surface area contributed by atoms with E-state index in [1.807, 2.05) is 4.90 Å². The first-order valence-corrected chi connectivity index (χ1v) is 6.23. The Hall–Kier alpha value is -1.47. The fourth-order valence-corrected chi connectivity index (χ4v) is 2.25. The molecule has 0 spiro atoms. The van der Waals surface area contributed by atoms with E-state index in [1.165, 1.54) is 0 Å². The van der Waals surface area contributed by atoms with E-state index in [-0.39, 0.29) is 11.9 Å². The predicted molar refractivity (Wildman–Crippen MR) is 66.7 cm³/mol. The molecule has 1 aliphatic heterocycles. The average Bonchev–Trinajstić information content (AvgIpc) is 2.88. The quantitative estimate of drug-likeness (QED) is 0.726. The van der Waals surface area contributed by atoms with Gasteiger partial charge in [-0.25, -0.2) is 0 Å². The van der Waals surface area contributed by atoms with Crippen LogP contribution in [0.3, 0.4) is 0 Å². The smallest absolute Gasteiger partial charge is 0.224 e.